The van der Waals surface area contributed by atoms with Gasteiger partial charge >= 0.3 is 0 Å². The Kier molecular flexibility index (Phi) is 4.30. The molecule has 2 rings (SSSR count). The van der Waals surface area contributed by atoms with Gasteiger partial charge in [0.25, 0.3) is 0 Å². The topological polar surface area (TPSA) is 51.2 Å². The number of carbonyl (C=O) groups excluding carboxylic acids is 1. The first-order valence-corrected chi connectivity index (χ1v) is 7.17. The van der Waals surface area contributed by atoms with Gasteiger partial charge < -0.3 is 10.1 Å². The molecule has 0 saturated carbocycles. The number of Topliss-reactive ketones (excluding diaryl/α,β-unsaturated/α-hetero) is 1. The highest BCUT2D eigenvalue weighted by atomic mass is 35.5. The van der Waals surface area contributed by atoms with Gasteiger partial charge in [-0.15, -0.1) is 0 Å². The maximum absolute atomic E-state index is 11.7. The van der Waals surface area contributed by atoms with E-state index in [9.17, 15) is 4.79 Å². The zero-order chi connectivity index (χ0) is 14.9. The van der Waals surface area contributed by atoms with Crippen LogP contribution in [0.3, 0.4) is 0 Å². The number of aryl methyl sites for hydroxylation is 2. The molecule has 20 heavy (non-hydrogen) atoms. The number of ether oxygens (including phenoxy) is 1. The maximum atomic E-state index is 11.7. The molecule has 0 aliphatic heterocycles. The molecule has 0 bridgehead atoms. The van der Waals surface area contributed by atoms with Crippen LogP contribution in [0, 0.1) is 13.8 Å². The van der Waals surface area contributed by atoms with Crippen LogP contribution in [0.15, 0.2) is 12.1 Å². The summed E-state index contributed by atoms with van der Waals surface area (Å²) in [5.74, 6) is 0.615. The van der Waals surface area contributed by atoms with Crippen molar-refractivity contribution in [2.75, 3.05) is 12.4 Å². The number of carbonyl (C=O) groups is 1. The van der Waals surface area contributed by atoms with E-state index in [1.54, 1.807) is 13.2 Å². The number of hydrogen-bond donors (Lipinski definition) is 1. The monoisotopic (exact) mass is 310 g/mol. The quantitative estimate of drug-likeness (QED) is 0.852. The molecule has 4 nitrogen and oxygen atoms in total. The second-order valence-corrected chi connectivity index (χ2v) is 5.64. The molecule has 1 heterocycles. The molecule has 1 N–H and O–H groups in total. The molecule has 0 aliphatic rings. The Morgan fingerprint density at radius 3 is 2.70 bits per heavy atom. The summed E-state index contributed by atoms with van der Waals surface area (Å²) in [7, 11) is 1.58. The van der Waals surface area contributed by atoms with Crippen LogP contribution in [0.5, 0.6) is 5.75 Å². The fourth-order valence-electron chi connectivity index (χ4n) is 1.92. The van der Waals surface area contributed by atoms with Gasteiger partial charge in [0.05, 0.1) is 24.1 Å². The van der Waals surface area contributed by atoms with E-state index in [1.165, 1.54) is 18.5 Å². The largest absolute Gasteiger partial charge is 0.495 e. The number of nitrogens with zero attached hydrogens (tertiary/aromatic N) is 1. The number of ketones is 1. The van der Waals surface area contributed by atoms with Gasteiger partial charge in [0.15, 0.2) is 5.78 Å². The Morgan fingerprint density at radius 1 is 1.40 bits per heavy atom. The third kappa shape index (κ3) is 2.78. The highest BCUT2D eigenvalue weighted by Crippen LogP contribution is 2.36. The van der Waals surface area contributed by atoms with Gasteiger partial charge in [0.1, 0.15) is 10.8 Å². The predicted octanol–water partition coefficient (Wildman–Crippen LogP) is 4.37. The minimum absolute atomic E-state index is 0.0107. The van der Waals surface area contributed by atoms with Crippen LogP contribution in [0.25, 0.3) is 0 Å². The molecule has 1 aromatic heterocycles. The highest BCUT2D eigenvalue weighted by molar-refractivity contribution is 7.10. The highest BCUT2D eigenvalue weighted by Gasteiger charge is 2.17. The van der Waals surface area contributed by atoms with Crippen LogP contribution in [-0.4, -0.2) is 17.3 Å². The molecule has 0 atom stereocenters. The van der Waals surface area contributed by atoms with Gasteiger partial charge in [-0.25, -0.2) is 0 Å². The molecule has 0 unspecified atom stereocenters. The summed E-state index contributed by atoms with van der Waals surface area (Å²) >= 11 is 7.34. The SMILES string of the molecule is COc1cc(Cl)c(C)cc1Nc1snc(C)c1C(C)=O. The summed E-state index contributed by atoms with van der Waals surface area (Å²) in [4.78, 5) is 11.7. The van der Waals surface area contributed by atoms with Crippen LogP contribution in [0.1, 0.15) is 28.5 Å². The molecule has 2 aromatic rings. The Morgan fingerprint density at radius 2 is 2.10 bits per heavy atom. The van der Waals surface area contributed by atoms with Crippen molar-refractivity contribution in [2.24, 2.45) is 0 Å². The van der Waals surface area contributed by atoms with Crippen LogP contribution in [0.2, 0.25) is 5.02 Å². The predicted molar refractivity (Wildman–Crippen MR) is 82.9 cm³/mol. The van der Waals surface area contributed by atoms with Crippen molar-refractivity contribution in [1.82, 2.24) is 4.37 Å². The normalized spacial score (nSPS) is 10.4. The number of nitrogens with one attached hydrogen (secondary N) is 1. The number of hydrogen-bond acceptors (Lipinski definition) is 5. The third-order valence-corrected chi connectivity index (χ3v) is 4.20. The Hall–Kier alpha value is -1.59. The number of rotatable bonds is 4. The lowest BCUT2D eigenvalue weighted by atomic mass is 10.1. The van der Waals surface area contributed by atoms with E-state index in [2.05, 4.69) is 9.69 Å². The van der Waals surface area contributed by atoms with E-state index in [4.69, 9.17) is 16.3 Å². The smallest absolute Gasteiger partial charge is 0.164 e. The van der Waals surface area contributed by atoms with Crippen molar-refractivity contribution in [1.29, 1.82) is 0 Å². The summed E-state index contributed by atoms with van der Waals surface area (Å²) in [6.07, 6.45) is 0. The van der Waals surface area contributed by atoms with Crippen molar-refractivity contribution in [3.63, 3.8) is 0 Å². The average Bonchev–Trinajstić information content (AvgIpc) is 2.74. The fourth-order valence-corrected chi connectivity index (χ4v) is 2.93. The molecule has 6 heteroatoms. The third-order valence-electron chi connectivity index (χ3n) is 2.94. The minimum atomic E-state index is -0.0107. The van der Waals surface area contributed by atoms with Crippen molar-refractivity contribution in [2.45, 2.75) is 20.8 Å². The first-order chi connectivity index (χ1) is 9.43. The summed E-state index contributed by atoms with van der Waals surface area (Å²) in [6.45, 7) is 5.27. The number of anilines is 2. The van der Waals surface area contributed by atoms with Gasteiger partial charge in [-0.1, -0.05) is 11.6 Å². The van der Waals surface area contributed by atoms with Crippen molar-refractivity contribution >= 4 is 39.6 Å². The van der Waals surface area contributed by atoms with Gasteiger partial charge in [-0.2, -0.15) is 4.37 Å². The van der Waals surface area contributed by atoms with E-state index < -0.39 is 0 Å². The fraction of sp³-hybridized carbons (Fsp3) is 0.286. The van der Waals surface area contributed by atoms with Crippen LogP contribution in [0.4, 0.5) is 10.7 Å². The molecular weight excluding hydrogens is 296 g/mol. The Bertz CT molecular complexity index is 667. The molecule has 1 aromatic carbocycles. The number of aromatic nitrogens is 1. The number of benzene rings is 1. The second kappa shape index (κ2) is 5.81. The van der Waals surface area contributed by atoms with E-state index in [0.717, 1.165) is 21.9 Å². The van der Waals surface area contributed by atoms with E-state index in [-0.39, 0.29) is 5.78 Å². The summed E-state index contributed by atoms with van der Waals surface area (Å²) in [5, 5.41) is 4.57. The van der Waals surface area contributed by atoms with Gasteiger partial charge in [-0.3, -0.25) is 4.79 Å². The lowest BCUT2D eigenvalue weighted by molar-refractivity contribution is 0.101. The molecule has 0 saturated heterocycles. The molecular formula is C14H15ClN2O2S. The standard InChI is InChI=1S/C14H15ClN2O2S/c1-7-5-11(12(19-4)6-10(7)15)16-14-13(9(3)18)8(2)17-20-14/h5-6,16H,1-4H3. The van der Waals surface area contributed by atoms with E-state index in [1.807, 2.05) is 19.9 Å². The van der Waals surface area contributed by atoms with Crippen molar-refractivity contribution in [3.05, 3.63) is 34.0 Å². The zero-order valence-electron chi connectivity index (χ0n) is 11.7. The molecule has 106 valence electrons. The molecule has 0 fully saturated rings. The van der Waals surface area contributed by atoms with Crippen LogP contribution >= 0.6 is 23.1 Å². The summed E-state index contributed by atoms with van der Waals surface area (Å²) in [6, 6.07) is 3.64. The first kappa shape index (κ1) is 14.8. The molecule has 0 amide bonds. The molecule has 0 radical (unpaired) electrons. The lowest BCUT2D eigenvalue weighted by Crippen LogP contribution is -2.00. The summed E-state index contributed by atoms with van der Waals surface area (Å²) in [5.41, 5.74) is 3.04. The Labute approximate surface area is 126 Å². The first-order valence-electron chi connectivity index (χ1n) is 6.02. The van der Waals surface area contributed by atoms with Crippen molar-refractivity contribution in [3.8, 4) is 5.75 Å². The number of halogens is 1. The average molecular weight is 311 g/mol. The molecule has 0 spiro atoms. The Balaban J connectivity index is 2.45. The molecule has 0 aliphatic carbocycles. The van der Waals surface area contributed by atoms with Crippen LogP contribution in [-0.2, 0) is 0 Å². The number of methoxy groups -OCH3 is 1. The lowest BCUT2D eigenvalue weighted by Gasteiger charge is -2.12. The van der Waals surface area contributed by atoms with Gasteiger partial charge in [-0.05, 0) is 43.9 Å². The zero-order valence-corrected chi connectivity index (χ0v) is 13.3. The maximum Gasteiger partial charge on any atom is 0.164 e. The second-order valence-electron chi connectivity index (χ2n) is 4.45. The minimum Gasteiger partial charge on any atom is -0.495 e. The van der Waals surface area contributed by atoms with E-state index >= 15 is 0 Å². The summed E-state index contributed by atoms with van der Waals surface area (Å²) < 4.78 is 9.53. The van der Waals surface area contributed by atoms with Crippen LogP contribution < -0.4 is 10.1 Å². The van der Waals surface area contributed by atoms with Gasteiger partial charge in [0, 0.05) is 11.1 Å². The van der Waals surface area contributed by atoms with E-state index in [0.29, 0.717) is 16.3 Å². The van der Waals surface area contributed by atoms with Crippen molar-refractivity contribution < 1.29 is 9.53 Å². The van der Waals surface area contributed by atoms with Gasteiger partial charge in [0.2, 0.25) is 0 Å².